The molecule has 0 amide bonds. The Bertz CT molecular complexity index is 1350. The highest BCUT2D eigenvalue weighted by molar-refractivity contribution is 5.73. The van der Waals surface area contributed by atoms with E-state index in [1.807, 2.05) is 0 Å². The van der Waals surface area contributed by atoms with Gasteiger partial charge >= 0.3 is 17.9 Å². The predicted octanol–water partition coefficient (Wildman–Crippen LogP) is 5.34. The van der Waals surface area contributed by atoms with Gasteiger partial charge in [-0.1, -0.05) is 60.1 Å². The molecule has 4 aliphatic carbocycles. The fourth-order valence-corrected chi connectivity index (χ4v) is 12.5. The summed E-state index contributed by atoms with van der Waals surface area (Å²) in [5.41, 5.74) is -0.476. The van der Waals surface area contributed by atoms with Gasteiger partial charge in [0.1, 0.15) is 12.2 Å². The molecule has 3 saturated carbocycles. The molecule has 10 nitrogen and oxygen atoms in total. The van der Waals surface area contributed by atoms with Gasteiger partial charge in [0.2, 0.25) is 0 Å². The number of nitrogens with zero attached hydrogens (tertiary/aromatic N) is 1. The van der Waals surface area contributed by atoms with Gasteiger partial charge in [0.25, 0.3) is 0 Å². The highest BCUT2D eigenvalue weighted by atomic mass is 16.6. The lowest BCUT2D eigenvalue weighted by atomic mass is 9.34. The van der Waals surface area contributed by atoms with Gasteiger partial charge in [-0.15, -0.1) is 0 Å². The minimum atomic E-state index is -0.668. The molecule has 2 saturated heterocycles. The number of hydrogen-bond donors (Lipinski definition) is 2. The van der Waals surface area contributed by atoms with Crippen LogP contribution in [0.5, 0.6) is 0 Å². The monoisotopic (exact) mass is 700 g/mol. The summed E-state index contributed by atoms with van der Waals surface area (Å²) in [6, 6.07) is 0. The van der Waals surface area contributed by atoms with Crippen LogP contribution < -0.4 is 5.32 Å². The second-order valence-electron chi connectivity index (χ2n) is 18.2. The van der Waals surface area contributed by atoms with E-state index in [1.165, 1.54) is 12.5 Å². The fourth-order valence-electron chi connectivity index (χ4n) is 12.5. The molecule has 282 valence electrons. The van der Waals surface area contributed by atoms with Crippen LogP contribution in [0.25, 0.3) is 0 Å². The fraction of sp³-hybridized carbons (Fsp3) is 0.875. The number of esters is 2. The van der Waals surface area contributed by atoms with Crippen LogP contribution in [0.2, 0.25) is 0 Å². The molecular formula is C40H64N2O8. The Morgan fingerprint density at radius 3 is 2.38 bits per heavy atom. The second kappa shape index (κ2) is 13.8. The Labute approximate surface area is 299 Å². The van der Waals surface area contributed by atoms with E-state index >= 15 is 0 Å². The smallest absolute Gasteiger partial charge is 0.320 e. The minimum absolute atomic E-state index is 0.0869. The number of nitrogens with one attached hydrogen (secondary N) is 1. The maximum Gasteiger partial charge on any atom is 0.320 e. The van der Waals surface area contributed by atoms with Crippen LogP contribution in [0.4, 0.5) is 0 Å². The molecule has 2 N–H and O–H groups in total. The lowest BCUT2D eigenvalue weighted by Crippen LogP contribution is -2.70. The Hall–Kier alpha value is -2.01. The third-order valence-electron chi connectivity index (χ3n) is 15.6. The van der Waals surface area contributed by atoms with Gasteiger partial charge in [-0.05, 0) is 78.4 Å². The van der Waals surface area contributed by atoms with Crippen molar-refractivity contribution in [2.24, 2.45) is 56.7 Å². The number of hydrogen-bond acceptors (Lipinski definition) is 9. The van der Waals surface area contributed by atoms with Gasteiger partial charge in [0.05, 0.1) is 38.9 Å². The highest BCUT2D eigenvalue weighted by Gasteiger charge is 2.72. The molecule has 11 atom stereocenters. The molecule has 0 unspecified atom stereocenters. The van der Waals surface area contributed by atoms with Crippen molar-refractivity contribution in [3.63, 3.8) is 0 Å². The average molecular weight is 701 g/mol. The molecule has 50 heavy (non-hydrogen) atoms. The first-order valence-electron chi connectivity index (χ1n) is 19.4. The zero-order chi connectivity index (χ0) is 36.3. The summed E-state index contributed by atoms with van der Waals surface area (Å²) in [5.74, 6) is -0.791. The van der Waals surface area contributed by atoms with Gasteiger partial charge < -0.3 is 29.4 Å². The summed E-state index contributed by atoms with van der Waals surface area (Å²) >= 11 is 0. The topological polar surface area (TPSA) is 124 Å². The number of rotatable bonds is 10. The van der Waals surface area contributed by atoms with Crippen LogP contribution in [0, 0.1) is 56.7 Å². The number of carbonyl (C=O) groups excluding carboxylic acids is 2. The molecule has 5 fully saturated rings. The van der Waals surface area contributed by atoms with Crippen molar-refractivity contribution in [1.82, 2.24) is 10.2 Å². The average Bonchev–Trinajstić information content (AvgIpc) is 3.05. The summed E-state index contributed by atoms with van der Waals surface area (Å²) < 4.78 is 24.4. The lowest BCUT2D eigenvalue weighted by molar-refractivity contribution is -0.262. The quantitative estimate of drug-likeness (QED) is 0.175. The van der Waals surface area contributed by atoms with Crippen LogP contribution >= 0.6 is 0 Å². The standard InChI is InChI=1S/C40H64N2O8/c1-25(2)26(3)36(5)13-14-38(7)28-9-10-31-37(6)23-48-24-40(31,29(28)11-12-39(38,8)33(36)35(45)46)21-30(49-27(4)43)34(37)50-32(44)22-41-15-16-42-17-19-47-20-18-42/h11,25-26,28,30-31,33-34,41H,9-10,12-24H2,1-8H3,(H,45,46)/t26-,28+,30-,31+,33-,34+,36-,37-,38-,39+,40-/m1/s1. The number of ether oxygens (including phenoxy) is 4. The van der Waals surface area contributed by atoms with Crippen LogP contribution in [0.15, 0.2) is 11.6 Å². The van der Waals surface area contributed by atoms with Crippen molar-refractivity contribution in [3.8, 4) is 0 Å². The number of fused-ring (bicyclic) bond motifs is 3. The van der Waals surface area contributed by atoms with Crippen LogP contribution in [-0.2, 0) is 33.3 Å². The van der Waals surface area contributed by atoms with Crippen molar-refractivity contribution in [2.75, 3.05) is 59.2 Å². The Morgan fingerprint density at radius 1 is 1.00 bits per heavy atom. The predicted molar refractivity (Wildman–Crippen MR) is 189 cm³/mol. The van der Waals surface area contributed by atoms with Crippen molar-refractivity contribution in [3.05, 3.63) is 11.6 Å². The van der Waals surface area contributed by atoms with Gasteiger partial charge in [0, 0.05) is 43.9 Å². The van der Waals surface area contributed by atoms with Crippen molar-refractivity contribution in [1.29, 1.82) is 0 Å². The first kappa shape index (κ1) is 37.7. The number of carbonyl (C=O) groups is 3. The first-order valence-corrected chi connectivity index (χ1v) is 19.4. The van der Waals surface area contributed by atoms with E-state index in [1.54, 1.807) is 0 Å². The van der Waals surface area contributed by atoms with E-state index in [0.717, 1.165) is 58.5 Å². The molecule has 6 rings (SSSR count). The summed E-state index contributed by atoms with van der Waals surface area (Å²) in [4.78, 5) is 41.7. The van der Waals surface area contributed by atoms with E-state index in [4.69, 9.17) is 18.9 Å². The number of carboxylic acids is 1. The van der Waals surface area contributed by atoms with Gasteiger partial charge in [0.15, 0.2) is 0 Å². The third-order valence-corrected chi connectivity index (χ3v) is 15.6. The molecule has 0 aromatic rings. The maximum atomic E-state index is 13.4. The SMILES string of the molecule is CC(=O)O[C@@H]1C[C@]23COC[C@](C)([C@@H]2CC[C@H]2C3=CC[C@@]3(C)[C@H](C(=O)O)[C@@](C)([C@H](C)C(C)C)CC[C@]23C)[C@H]1OC(=O)CNCCN1CCOCC1. The molecule has 0 aromatic heterocycles. The molecule has 0 radical (unpaired) electrons. The third kappa shape index (κ3) is 5.96. The summed E-state index contributed by atoms with van der Waals surface area (Å²) in [7, 11) is 0. The van der Waals surface area contributed by atoms with E-state index in [-0.39, 0.29) is 52.5 Å². The molecule has 2 aliphatic heterocycles. The van der Waals surface area contributed by atoms with Crippen LogP contribution in [0.1, 0.15) is 93.9 Å². The largest absolute Gasteiger partial charge is 0.481 e. The maximum absolute atomic E-state index is 13.4. The number of allylic oxidation sites excluding steroid dienone is 1. The Kier molecular flexibility index (Phi) is 10.4. The first-order chi connectivity index (χ1) is 23.5. The zero-order valence-corrected chi connectivity index (χ0v) is 32.0. The van der Waals surface area contributed by atoms with E-state index < -0.39 is 34.9 Å². The van der Waals surface area contributed by atoms with Crippen LogP contribution in [-0.4, -0.2) is 99.3 Å². The van der Waals surface area contributed by atoms with Gasteiger partial charge in [-0.2, -0.15) is 0 Å². The normalized spacial score (nSPS) is 43.5. The van der Waals surface area contributed by atoms with Crippen molar-refractivity contribution >= 4 is 17.9 Å². The molecule has 10 heteroatoms. The van der Waals surface area contributed by atoms with Gasteiger partial charge in [-0.3, -0.25) is 19.3 Å². The summed E-state index contributed by atoms with van der Waals surface area (Å²) in [6.45, 7) is 23.0. The molecule has 2 heterocycles. The summed E-state index contributed by atoms with van der Waals surface area (Å²) in [5, 5.41) is 14.2. The van der Waals surface area contributed by atoms with Crippen molar-refractivity contribution in [2.45, 2.75) is 106 Å². The molecule has 2 bridgehead atoms. The minimum Gasteiger partial charge on any atom is -0.481 e. The molecular weight excluding hydrogens is 636 g/mol. The second-order valence-corrected chi connectivity index (χ2v) is 18.2. The molecule has 0 spiro atoms. The van der Waals surface area contributed by atoms with Gasteiger partial charge in [-0.25, -0.2) is 0 Å². The Morgan fingerprint density at radius 2 is 1.72 bits per heavy atom. The molecule has 0 aromatic carbocycles. The van der Waals surface area contributed by atoms with E-state index in [9.17, 15) is 19.5 Å². The number of carboxylic acid groups (broad SMARTS) is 1. The Balaban J connectivity index is 1.28. The van der Waals surface area contributed by atoms with E-state index in [0.29, 0.717) is 38.5 Å². The summed E-state index contributed by atoms with van der Waals surface area (Å²) in [6.07, 6.45) is 6.18. The number of aliphatic carboxylic acids is 1. The van der Waals surface area contributed by atoms with Crippen LogP contribution in [0.3, 0.4) is 0 Å². The number of morpholine rings is 1. The molecule has 6 aliphatic rings. The highest BCUT2D eigenvalue weighted by Crippen LogP contribution is 2.75. The van der Waals surface area contributed by atoms with E-state index in [2.05, 4.69) is 64.8 Å². The zero-order valence-electron chi connectivity index (χ0n) is 32.0. The lowest BCUT2D eigenvalue weighted by Gasteiger charge is -2.71. The van der Waals surface area contributed by atoms with Crippen molar-refractivity contribution < 1.29 is 38.4 Å².